The summed E-state index contributed by atoms with van der Waals surface area (Å²) in [7, 11) is 0. The van der Waals surface area contributed by atoms with Crippen molar-refractivity contribution in [3.05, 3.63) is 30.1 Å². The van der Waals surface area contributed by atoms with E-state index in [0.717, 1.165) is 23.9 Å². The number of aliphatic hydroxyl groups is 1. The largest absolute Gasteiger partial charge is 0.394 e. The van der Waals surface area contributed by atoms with Crippen LogP contribution in [0, 0.1) is 5.92 Å². The number of hydrogen-bond donors (Lipinski definition) is 4. The molecular weight excluding hydrogens is 320 g/mol. The minimum atomic E-state index is -0.950. The van der Waals surface area contributed by atoms with Gasteiger partial charge in [0.25, 0.3) is 5.91 Å². The predicted molar refractivity (Wildman–Crippen MR) is 94.0 cm³/mol. The third kappa shape index (κ3) is 4.36. The van der Waals surface area contributed by atoms with Crippen LogP contribution in [0.3, 0.4) is 0 Å². The Morgan fingerprint density at radius 3 is 2.84 bits per heavy atom. The summed E-state index contributed by atoms with van der Waals surface area (Å²) in [5, 5.41) is 14.9. The van der Waals surface area contributed by atoms with E-state index in [9.17, 15) is 14.7 Å². The average molecular weight is 344 g/mol. The van der Waals surface area contributed by atoms with Crippen molar-refractivity contribution in [3.8, 4) is 0 Å². The molecule has 3 rings (SSSR count). The average Bonchev–Trinajstić information content (AvgIpc) is 3.12. The van der Waals surface area contributed by atoms with Gasteiger partial charge in [-0.25, -0.2) is 4.98 Å². The highest BCUT2D eigenvalue weighted by Gasteiger charge is 2.22. The molecule has 1 heterocycles. The second-order valence-electron chi connectivity index (χ2n) is 6.59. The first kappa shape index (κ1) is 17.4. The molecule has 1 aromatic heterocycles. The number of aromatic amines is 1. The van der Waals surface area contributed by atoms with Gasteiger partial charge in [-0.15, -0.1) is 0 Å². The Bertz CT molecular complexity index is 737. The number of fused-ring (bicyclic) bond motifs is 1. The molecule has 1 aliphatic rings. The lowest BCUT2D eigenvalue weighted by Crippen LogP contribution is -2.49. The number of hydrogen-bond acceptors (Lipinski definition) is 4. The molecule has 1 fully saturated rings. The quantitative estimate of drug-likeness (QED) is 0.634. The number of nitrogens with zero attached hydrogens (tertiary/aromatic N) is 1. The fraction of sp³-hybridized carbons (Fsp3) is 0.500. The predicted octanol–water partition coefficient (Wildman–Crippen LogP) is 1.35. The van der Waals surface area contributed by atoms with Gasteiger partial charge in [0.1, 0.15) is 6.04 Å². The number of imidazole rings is 1. The third-order valence-electron chi connectivity index (χ3n) is 4.78. The van der Waals surface area contributed by atoms with Gasteiger partial charge in [-0.05, 0) is 37.0 Å². The Morgan fingerprint density at radius 2 is 2.08 bits per heavy atom. The third-order valence-corrected chi connectivity index (χ3v) is 4.78. The van der Waals surface area contributed by atoms with E-state index in [0.29, 0.717) is 18.0 Å². The SMILES string of the molecule is O=C(NC(CO)C(=O)NCC1CCCCC1)c1ccc2nc[nH]c2c1. The van der Waals surface area contributed by atoms with Gasteiger partial charge >= 0.3 is 0 Å². The van der Waals surface area contributed by atoms with Gasteiger partial charge in [-0.3, -0.25) is 9.59 Å². The molecule has 0 radical (unpaired) electrons. The number of nitrogens with one attached hydrogen (secondary N) is 3. The van der Waals surface area contributed by atoms with Crippen LogP contribution in [-0.2, 0) is 4.79 Å². The van der Waals surface area contributed by atoms with Crippen molar-refractivity contribution >= 4 is 22.8 Å². The number of carbonyl (C=O) groups excluding carboxylic acids is 2. The Balaban J connectivity index is 1.56. The molecule has 2 amide bonds. The van der Waals surface area contributed by atoms with Gasteiger partial charge in [0.2, 0.25) is 5.91 Å². The standard InChI is InChI=1S/C18H24N4O3/c23-10-16(18(25)19-9-12-4-2-1-3-5-12)22-17(24)13-6-7-14-15(8-13)21-11-20-14/h6-8,11-12,16,23H,1-5,9-10H2,(H,19,25)(H,20,21)(H,22,24). The van der Waals surface area contributed by atoms with Crippen LogP contribution in [0.1, 0.15) is 42.5 Å². The highest BCUT2D eigenvalue weighted by Crippen LogP contribution is 2.22. The van der Waals surface area contributed by atoms with Gasteiger partial charge < -0.3 is 20.7 Å². The smallest absolute Gasteiger partial charge is 0.252 e. The molecule has 25 heavy (non-hydrogen) atoms. The van der Waals surface area contributed by atoms with Crippen LogP contribution in [0.25, 0.3) is 11.0 Å². The van der Waals surface area contributed by atoms with Crippen molar-refractivity contribution in [1.29, 1.82) is 0 Å². The van der Waals surface area contributed by atoms with Crippen LogP contribution in [0.15, 0.2) is 24.5 Å². The first-order valence-electron chi connectivity index (χ1n) is 8.80. The molecule has 1 saturated carbocycles. The summed E-state index contributed by atoms with van der Waals surface area (Å²) >= 11 is 0. The Hall–Kier alpha value is -2.41. The molecule has 1 aliphatic carbocycles. The molecule has 1 aromatic carbocycles. The zero-order valence-corrected chi connectivity index (χ0v) is 14.1. The van der Waals surface area contributed by atoms with Crippen LogP contribution in [-0.4, -0.2) is 46.1 Å². The van der Waals surface area contributed by atoms with Crippen LogP contribution < -0.4 is 10.6 Å². The second-order valence-corrected chi connectivity index (χ2v) is 6.59. The van der Waals surface area contributed by atoms with Crippen molar-refractivity contribution in [1.82, 2.24) is 20.6 Å². The zero-order chi connectivity index (χ0) is 17.6. The lowest BCUT2D eigenvalue weighted by molar-refractivity contribution is -0.124. The molecule has 0 saturated heterocycles. The molecule has 2 aromatic rings. The molecule has 0 bridgehead atoms. The molecule has 134 valence electrons. The summed E-state index contributed by atoms with van der Waals surface area (Å²) < 4.78 is 0. The maximum atomic E-state index is 12.4. The van der Waals surface area contributed by atoms with E-state index in [1.165, 1.54) is 19.3 Å². The summed E-state index contributed by atoms with van der Waals surface area (Å²) in [4.78, 5) is 31.6. The van der Waals surface area contributed by atoms with Gasteiger partial charge in [-0.1, -0.05) is 19.3 Å². The fourth-order valence-electron chi connectivity index (χ4n) is 3.27. The van der Waals surface area contributed by atoms with Crippen LogP contribution in [0.2, 0.25) is 0 Å². The summed E-state index contributed by atoms with van der Waals surface area (Å²) in [6.07, 6.45) is 7.48. The van der Waals surface area contributed by atoms with Crippen molar-refractivity contribution in [2.24, 2.45) is 5.92 Å². The normalized spacial score (nSPS) is 16.5. The number of carbonyl (C=O) groups is 2. The molecule has 0 spiro atoms. The first-order valence-corrected chi connectivity index (χ1v) is 8.80. The molecule has 7 heteroatoms. The second kappa shape index (κ2) is 8.11. The van der Waals surface area contributed by atoms with E-state index in [1.807, 2.05) is 0 Å². The van der Waals surface area contributed by atoms with E-state index in [1.54, 1.807) is 24.5 Å². The van der Waals surface area contributed by atoms with Crippen molar-refractivity contribution < 1.29 is 14.7 Å². The summed E-state index contributed by atoms with van der Waals surface area (Å²) in [6, 6.07) is 4.10. The highest BCUT2D eigenvalue weighted by atomic mass is 16.3. The number of amides is 2. The molecule has 0 aliphatic heterocycles. The van der Waals surface area contributed by atoms with Crippen LogP contribution in [0.4, 0.5) is 0 Å². The number of rotatable bonds is 6. The van der Waals surface area contributed by atoms with Crippen molar-refractivity contribution in [2.45, 2.75) is 38.1 Å². The molecule has 7 nitrogen and oxygen atoms in total. The van der Waals surface area contributed by atoms with Gasteiger partial charge in [0.15, 0.2) is 0 Å². The van der Waals surface area contributed by atoms with Gasteiger partial charge in [-0.2, -0.15) is 0 Å². The lowest BCUT2D eigenvalue weighted by Gasteiger charge is -2.23. The van der Waals surface area contributed by atoms with E-state index < -0.39 is 18.6 Å². The number of aliphatic hydroxyl groups excluding tert-OH is 1. The van der Waals surface area contributed by atoms with Crippen LogP contribution >= 0.6 is 0 Å². The Labute approximate surface area is 146 Å². The monoisotopic (exact) mass is 344 g/mol. The van der Waals surface area contributed by atoms with Gasteiger partial charge in [0, 0.05) is 12.1 Å². The number of benzene rings is 1. The van der Waals surface area contributed by atoms with Crippen LogP contribution in [0.5, 0.6) is 0 Å². The summed E-state index contributed by atoms with van der Waals surface area (Å²) in [5.41, 5.74) is 1.92. The van der Waals surface area contributed by atoms with E-state index in [4.69, 9.17) is 0 Å². The van der Waals surface area contributed by atoms with E-state index >= 15 is 0 Å². The summed E-state index contributed by atoms with van der Waals surface area (Å²) in [6.45, 7) is 0.167. The first-order chi connectivity index (χ1) is 12.2. The maximum absolute atomic E-state index is 12.4. The van der Waals surface area contributed by atoms with Gasteiger partial charge in [0.05, 0.1) is 24.0 Å². The minimum absolute atomic E-state index is 0.343. The topological polar surface area (TPSA) is 107 Å². The minimum Gasteiger partial charge on any atom is -0.394 e. The molecule has 1 atom stereocenters. The fourth-order valence-corrected chi connectivity index (χ4v) is 3.27. The molecule has 4 N–H and O–H groups in total. The Morgan fingerprint density at radius 1 is 1.28 bits per heavy atom. The van der Waals surface area contributed by atoms with Crippen molar-refractivity contribution in [2.75, 3.05) is 13.2 Å². The van der Waals surface area contributed by atoms with E-state index in [-0.39, 0.29) is 5.91 Å². The number of H-pyrrole nitrogens is 1. The lowest BCUT2D eigenvalue weighted by atomic mass is 9.89. The highest BCUT2D eigenvalue weighted by molar-refractivity contribution is 5.99. The zero-order valence-electron chi connectivity index (χ0n) is 14.1. The summed E-state index contributed by atoms with van der Waals surface area (Å²) in [5.74, 6) is -0.247. The maximum Gasteiger partial charge on any atom is 0.252 e. The molecule has 1 unspecified atom stereocenters. The Kier molecular flexibility index (Phi) is 5.65. The molecular formula is C18H24N4O3. The van der Waals surface area contributed by atoms with Crippen molar-refractivity contribution in [3.63, 3.8) is 0 Å². The number of aromatic nitrogens is 2. The van der Waals surface area contributed by atoms with E-state index in [2.05, 4.69) is 20.6 Å².